The van der Waals surface area contributed by atoms with E-state index < -0.39 is 6.10 Å². The Kier molecular flexibility index (Phi) is 4.62. The number of para-hydroxylation sites is 1. The molecular weight excluding hydrogens is 204 g/mol. The molecule has 0 radical (unpaired) electrons. The molecule has 16 heavy (non-hydrogen) atoms. The highest BCUT2D eigenvalue weighted by Gasteiger charge is 2.10. The van der Waals surface area contributed by atoms with Crippen LogP contribution < -0.4 is 9.47 Å². The molecule has 0 aliphatic heterocycles. The highest BCUT2D eigenvalue weighted by atomic mass is 16.5. The summed E-state index contributed by atoms with van der Waals surface area (Å²) in [5.74, 6) is 1.45. The summed E-state index contributed by atoms with van der Waals surface area (Å²) in [5, 5.41) is 9.19. The molecule has 3 nitrogen and oxygen atoms in total. The molecule has 1 atom stereocenters. The molecule has 0 bridgehead atoms. The van der Waals surface area contributed by atoms with Gasteiger partial charge < -0.3 is 14.6 Å². The number of hydrogen-bond donors (Lipinski definition) is 1. The maximum absolute atomic E-state index is 9.19. The molecular formula is C13H20O3. The maximum atomic E-state index is 9.19. The van der Waals surface area contributed by atoms with Crippen molar-refractivity contribution in [2.75, 3.05) is 6.61 Å². The smallest absolute Gasteiger partial charge is 0.164 e. The lowest BCUT2D eigenvalue weighted by Gasteiger charge is -2.17. The summed E-state index contributed by atoms with van der Waals surface area (Å²) in [4.78, 5) is 0. The minimum absolute atomic E-state index is 0.106. The standard InChI is InChI=1S/C13H20O3/c1-9(2)16-13-10(3)6-5-7-12(13)15-8-11(4)14/h5-7,9,11,14H,8H2,1-4H3. The van der Waals surface area contributed by atoms with Gasteiger partial charge in [-0.05, 0) is 39.3 Å². The van der Waals surface area contributed by atoms with E-state index in [2.05, 4.69) is 0 Å². The van der Waals surface area contributed by atoms with Crippen molar-refractivity contribution < 1.29 is 14.6 Å². The molecule has 0 aromatic heterocycles. The molecule has 1 aromatic carbocycles. The van der Waals surface area contributed by atoms with E-state index in [1.165, 1.54) is 0 Å². The van der Waals surface area contributed by atoms with Gasteiger partial charge in [-0.15, -0.1) is 0 Å². The maximum Gasteiger partial charge on any atom is 0.164 e. The van der Waals surface area contributed by atoms with Crippen LogP contribution in [0.4, 0.5) is 0 Å². The van der Waals surface area contributed by atoms with Crippen molar-refractivity contribution >= 4 is 0 Å². The minimum Gasteiger partial charge on any atom is -0.487 e. The fourth-order valence-electron chi connectivity index (χ4n) is 1.34. The van der Waals surface area contributed by atoms with Gasteiger partial charge in [0.15, 0.2) is 11.5 Å². The molecule has 0 saturated carbocycles. The van der Waals surface area contributed by atoms with Gasteiger partial charge in [-0.3, -0.25) is 0 Å². The van der Waals surface area contributed by atoms with Gasteiger partial charge in [0, 0.05) is 0 Å². The lowest BCUT2D eigenvalue weighted by molar-refractivity contribution is 0.118. The molecule has 3 heteroatoms. The lowest BCUT2D eigenvalue weighted by atomic mass is 10.2. The third-order valence-corrected chi connectivity index (χ3v) is 2.01. The molecule has 1 aromatic rings. The number of aryl methyl sites for hydroxylation is 1. The molecule has 1 unspecified atom stereocenters. The Morgan fingerprint density at radius 2 is 1.94 bits per heavy atom. The van der Waals surface area contributed by atoms with E-state index in [9.17, 15) is 5.11 Å². The fraction of sp³-hybridized carbons (Fsp3) is 0.538. The first-order valence-corrected chi connectivity index (χ1v) is 5.58. The first-order valence-electron chi connectivity index (χ1n) is 5.58. The van der Waals surface area contributed by atoms with Gasteiger partial charge in [0.25, 0.3) is 0 Å². The van der Waals surface area contributed by atoms with E-state index in [4.69, 9.17) is 9.47 Å². The number of rotatable bonds is 5. The minimum atomic E-state index is -0.479. The topological polar surface area (TPSA) is 38.7 Å². The zero-order valence-electron chi connectivity index (χ0n) is 10.4. The summed E-state index contributed by atoms with van der Waals surface area (Å²) in [7, 11) is 0. The van der Waals surface area contributed by atoms with Crippen molar-refractivity contribution in [2.24, 2.45) is 0 Å². The van der Waals surface area contributed by atoms with Gasteiger partial charge in [-0.1, -0.05) is 12.1 Å². The first-order chi connectivity index (χ1) is 7.50. The van der Waals surface area contributed by atoms with Crippen LogP contribution in [-0.2, 0) is 0 Å². The molecule has 90 valence electrons. The van der Waals surface area contributed by atoms with Crippen LogP contribution in [-0.4, -0.2) is 23.9 Å². The number of benzene rings is 1. The molecule has 0 amide bonds. The summed E-state index contributed by atoms with van der Waals surface area (Å²) in [5.41, 5.74) is 1.04. The van der Waals surface area contributed by atoms with Gasteiger partial charge in [-0.2, -0.15) is 0 Å². The normalized spacial score (nSPS) is 12.6. The molecule has 0 spiro atoms. The second kappa shape index (κ2) is 5.75. The second-order valence-corrected chi connectivity index (χ2v) is 4.23. The predicted octanol–water partition coefficient (Wildman–Crippen LogP) is 2.54. The van der Waals surface area contributed by atoms with Gasteiger partial charge >= 0.3 is 0 Å². The van der Waals surface area contributed by atoms with Crippen LogP contribution in [0.2, 0.25) is 0 Å². The quantitative estimate of drug-likeness (QED) is 0.835. The van der Waals surface area contributed by atoms with Crippen molar-refractivity contribution in [3.05, 3.63) is 23.8 Å². The molecule has 1 rings (SSSR count). The number of aliphatic hydroxyl groups is 1. The van der Waals surface area contributed by atoms with Crippen molar-refractivity contribution in [3.63, 3.8) is 0 Å². The van der Waals surface area contributed by atoms with E-state index in [1.54, 1.807) is 6.92 Å². The lowest BCUT2D eigenvalue weighted by Crippen LogP contribution is -2.14. The van der Waals surface area contributed by atoms with E-state index >= 15 is 0 Å². The Labute approximate surface area is 97.0 Å². The number of hydrogen-bond acceptors (Lipinski definition) is 3. The van der Waals surface area contributed by atoms with Crippen LogP contribution in [0.15, 0.2) is 18.2 Å². The van der Waals surface area contributed by atoms with Gasteiger partial charge in [0.05, 0.1) is 12.2 Å². The highest BCUT2D eigenvalue weighted by molar-refractivity contribution is 5.46. The predicted molar refractivity (Wildman–Crippen MR) is 64.1 cm³/mol. The Balaban J connectivity index is 2.85. The fourth-order valence-corrected chi connectivity index (χ4v) is 1.34. The van der Waals surface area contributed by atoms with Crippen molar-refractivity contribution in [1.29, 1.82) is 0 Å². The number of aliphatic hydroxyl groups excluding tert-OH is 1. The van der Waals surface area contributed by atoms with Crippen LogP contribution >= 0.6 is 0 Å². The molecule has 0 aliphatic carbocycles. The van der Waals surface area contributed by atoms with E-state index in [0.717, 1.165) is 11.3 Å². The van der Waals surface area contributed by atoms with Crippen molar-refractivity contribution in [2.45, 2.75) is 39.9 Å². The SMILES string of the molecule is Cc1cccc(OCC(C)O)c1OC(C)C. The Morgan fingerprint density at radius 1 is 1.25 bits per heavy atom. The summed E-state index contributed by atoms with van der Waals surface area (Å²) in [6, 6.07) is 5.75. The average molecular weight is 224 g/mol. The third-order valence-electron chi connectivity index (χ3n) is 2.01. The van der Waals surface area contributed by atoms with Gasteiger partial charge in [0.2, 0.25) is 0 Å². The Hall–Kier alpha value is -1.22. The Bertz CT molecular complexity index is 332. The zero-order chi connectivity index (χ0) is 12.1. The summed E-state index contributed by atoms with van der Waals surface area (Å²) >= 11 is 0. The highest BCUT2D eigenvalue weighted by Crippen LogP contribution is 2.31. The van der Waals surface area contributed by atoms with Gasteiger partial charge in [0.1, 0.15) is 6.61 Å². The van der Waals surface area contributed by atoms with Gasteiger partial charge in [-0.25, -0.2) is 0 Å². The van der Waals surface area contributed by atoms with Crippen LogP contribution in [0.25, 0.3) is 0 Å². The monoisotopic (exact) mass is 224 g/mol. The zero-order valence-corrected chi connectivity index (χ0v) is 10.4. The average Bonchev–Trinajstić information content (AvgIpc) is 2.18. The van der Waals surface area contributed by atoms with Crippen LogP contribution in [0.3, 0.4) is 0 Å². The summed E-state index contributed by atoms with van der Waals surface area (Å²) < 4.78 is 11.2. The molecule has 0 heterocycles. The van der Waals surface area contributed by atoms with Crippen LogP contribution in [0.1, 0.15) is 26.3 Å². The second-order valence-electron chi connectivity index (χ2n) is 4.23. The van der Waals surface area contributed by atoms with E-state index in [-0.39, 0.29) is 12.7 Å². The van der Waals surface area contributed by atoms with Crippen molar-refractivity contribution in [1.82, 2.24) is 0 Å². The van der Waals surface area contributed by atoms with Crippen LogP contribution in [0.5, 0.6) is 11.5 Å². The molecule has 0 aliphatic rings. The molecule has 0 fully saturated rings. The summed E-state index contributed by atoms with van der Waals surface area (Å²) in [6.45, 7) is 7.90. The van der Waals surface area contributed by atoms with E-state index in [0.29, 0.717) is 5.75 Å². The molecule has 1 N–H and O–H groups in total. The molecule has 0 saturated heterocycles. The third kappa shape index (κ3) is 3.74. The Morgan fingerprint density at radius 3 is 2.50 bits per heavy atom. The first kappa shape index (κ1) is 12.8. The van der Waals surface area contributed by atoms with Crippen molar-refractivity contribution in [3.8, 4) is 11.5 Å². The summed E-state index contributed by atoms with van der Waals surface area (Å²) in [6.07, 6.45) is -0.373. The van der Waals surface area contributed by atoms with E-state index in [1.807, 2.05) is 39.0 Å². The largest absolute Gasteiger partial charge is 0.487 e. The number of ether oxygens (including phenoxy) is 2. The van der Waals surface area contributed by atoms with Crippen LogP contribution in [0, 0.1) is 6.92 Å².